The van der Waals surface area contributed by atoms with Gasteiger partial charge >= 0.3 is 11.9 Å². The molecule has 8 aromatic rings. The summed E-state index contributed by atoms with van der Waals surface area (Å²) >= 11 is 0. The summed E-state index contributed by atoms with van der Waals surface area (Å²) in [5, 5.41) is 29.8. The van der Waals surface area contributed by atoms with Crippen molar-refractivity contribution in [3.05, 3.63) is 194 Å². The van der Waals surface area contributed by atoms with Gasteiger partial charge in [0.25, 0.3) is 0 Å². The molecule has 0 fully saturated rings. The molecule has 61 heavy (non-hydrogen) atoms. The molecule has 0 heterocycles. The maximum Gasteiger partial charge on any atom is 0.308 e. The Hall–Kier alpha value is -5.30. The number of hydrogen-bond acceptors (Lipinski definition) is 2. The summed E-state index contributed by atoms with van der Waals surface area (Å²) in [6, 6.07) is 71.8. The molecule has 0 bridgehead atoms. The van der Waals surface area contributed by atoms with E-state index in [0.29, 0.717) is 0 Å². The topological polar surface area (TPSA) is 74.6 Å². The summed E-state index contributed by atoms with van der Waals surface area (Å²) < 4.78 is 0. The maximum atomic E-state index is 10.0. The van der Waals surface area contributed by atoms with Gasteiger partial charge in [-0.05, 0) is 122 Å². The van der Waals surface area contributed by atoms with E-state index in [1.54, 1.807) is 41.5 Å². The van der Waals surface area contributed by atoms with Crippen molar-refractivity contribution in [2.45, 2.75) is 41.5 Å². The minimum atomic E-state index is -0.852. The molecule has 0 aliphatic rings. The number of carboxylic acid groups (broad SMARTS) is 2. The van der Waals surface area contributed by atoms with Crippen molar-refractivity contribution < 1.29 is 39.3 Å². The van der Waals surface area contributed by atoms with E-state index in [1.807, 2.05) is 0 Å². The third-order valence-corrected chi connectivity index (χ3v) is 14.9. The van der Waals surface area contributed by atoms with E-state index >= 15 is 0 Å². The Kier molecular flexibility index (Phi) is 16.1. The van der Waals surface area contributed by atoms with E-state index in [4.69, 9.17) is 10.2 Å². The molecule has 4 nitrogen and oxygen atoms in total. The van der Waals surface area contributed by atoms with Crippen LogP contribution in [-0.2, 0) is 29.1 Å². The van der Waals surface area contributed by atoms with Gasteiger partial charge in [-0.1, -0.05) is 194 Å². The standard InChI is InChI=1S/C44H32P2.2C5H10O2.Ru/c1-5-19-35(20-6-1)45(36-21-7-2-8-22-36)41-31-29-33-17-13-15-27-39(33)43(41)44-40-28-16-14-18-34(40)30-32-42(44)46(37-23-9-3-10-24-37)38-25-11-4-12-26-38;2*1-5(2,3)4(6)7;/h1-32H;2*1-3H3,(H,6,7);. The smallest absolute Gasteiger partial charge is 0.308 e. The Morgan fingerprint density at radius 2 is 0.590 bits per heavy atom. The fourth-order valence-electron chi connectivity index (χ4n) is 6.58. The van der Waals surface area contributed by atoms with Crippen molar-refractivity contribution in [2.75, 3.05) is 0 Å². The average molecular weight is 928 g/mol. The molecule has 0 amide bonds. The third-order valence-electron chi connectivity index (χ3n) is 9.89. The second kappa shape index (κ2) is 21.0. The number of hydrogen-bond donors (Lipinski definition) is 2. The van der Waals surface area contributed by atoms with Crippen molar-refractivity contribution in [2.24, 2.45) is 10.8 Å². The number of carboxylic acids is 2. The van der Waals surface area contributed by atoms with Crippen molar-refractivity contribution in [3.8, 4) is 11.1 Å². The molecule has 0 aliphatic carbocycles. The third kappa shape index (κ3) is 11.5. The molecule has 0 unspecified atom stereocenters. The van der Waals surface area contributed by atoms with E-state index < -0.39 is 38.6 Å². The monoisotopic (exact) mass is 928 g/mol. The summed E-state index contributed by atoms with van der Waals surface area (Å²) in [5.41, 5.74) is 1.53. The van der Waals surface area contributed by atoms with E-state index in [0.717, 1.165) is 0 Å². The maximum absolute atomic E-state index is 10.0. The fraction of sp³-hybridized carbons (Fsp3) is 0.148. The second-order valence-electron chi connectivity index (χ2n) is 16.5. The molecule has 8 rings (SSSR count). The Morgan fingerprint density at radius 3 is 0.836 bits per heavy atom. The van der Waals surface area contributed by atoms with Crippen LogP contribution in [0.25, 0.3) is 32.7 Å². The Bertz CT molecular complexity index is 2410. The van der Waals surface area contributed by atoms with Gasteiger partial charge in [-0.15, -0.1) is 0 Å². The molecule has 2 N–H and O–H groups in total. The van der Waals surface area contributed by atoms with Crippen molar-refractivity contribution in [3.63, 3.8) is 0 Å². The molecule has 7 heteroatoms. The first-order chi connectivity index (χ1) is 28.8. The Balaban J connectivity index is 0.000000407. The molecule has 310 valence electrons. The van der Waals surface area contributed by atoms with Crippen LogP contribution in [0.1, 0.15) is 41.5 Å². The molecular weight excluding hydrogens is 876 g/mol. The second-order valence-corrected chi connectivity index (χ2v) is 20.9. The molecule has 8 aromatic carbocycles. The number of benzene rings is 8. The largest absolute Gasteiger partial charge is 0.481 e. The van der Waals surface area contributed by atoms with Crippen molar-refractivity contribution >= 4 is 81.2 Å². The fourth-order valence-corrected chi connectivity index (χ4v) is 11.5. The van der Waals surface area contributed by atoms with Gasteiger partial charge in [0.2, 0.25) is 0 Å². The summed E-state index contributed by atoms with van der Waals surface area (Å²) in [6.07, 6.45) is 0. The molecule has 0 aliphatic heterocycles. The average Bonchev–Trinajstić information content (AvgIpc) is 3.25. The first-order valence-electron chi connectivity index (χ1n) is 20.1. The van der Waals surface area contributed by atoms with Crippen LogP contribution in [-0.4, -0.2) is 22.2 Å². The van der Waals surface area contributed by atoms with Gasteiger partial charge in [-0.3, -0.25) is 9.59 Å². The number of carbonyl (C=O) groups is 2. The summed E-state index contributed by atoms with van der Waals surface area (Å²) in [6.45, 7) is 9.97. The normalized spacial score (nSPS) is 11.2. The van der Waals surface area contributed by atoms with Crippen LogP contribution in [0, 0.1) is 10.8 Å². The molecule has 0 saturated heterocycles. The van der Waals surface area contributed by atoms with Gasteiger partial charge < -0.3 is 10.2 Å². The van der Waals surface area contributed by atoms with Gasteiger partial charge in [0.15, 0.2) is 0 Å². The van der Waals surface area contributed by atoms with Crippen LogP contribution in [0.3, 0.4) is 0 Å². The molecule has 0 radical (unpaired) electrons. The van der Waals surface area contributed by atoms with E-state index in [-0.39, 0.29) is 19.5 Å². The summed E-state index contributed by atoms with van der Waals surface area (Å²) in [5.74, 6) is -1.51. The molecule has 0 aromatic heterocycles. The molecular formula is C54H52O4P2Ru. The minimum absolute atomic E-state index is 0. The minimum Gasteiger partial charge on any atom is -0.481 e. The molecule has 0 saturated carbocycles. The first-order valence-corrected chi connectivity index (χ1v) is 22.7. The predicted octanol–water partition coefficient (Wildman–Crippen LogP) is 11.4. The Morgan fingerprint density at radius 1 is 0.361 bits per heavy atom. The van der Waals surface area contributed by atoms with E-state index in [2.05, 4.69) is 194 Å². The Labute approximate surface area is 376 Å². The summed E-state index contributed by atoms with van der Waals surface area (Å²) in [4.78, 5) is 20.0. The van der Waals surface area contributed by atoms with Crippen LogP contribution in [0.4, 0.5) is 0 Å². The van der Waals surface area contributed by atoms with Crippen LogP contribution in [0.2, 0.25) is 0 Å². The van der Waals surface area contributed by atoms with E-state index in [9.17, 15) is 9.59 Å². The van der Waals surface area contributed by atoms with Crippen molar-refractivity contribution in [1.29, 1.82) is 0 Å². The SMILES string of the molecule is CC(C)(C)C(=O)O.CC(C)(C)C(=O)O.[Ru].c1ccc(P(c2ccccc2)c2ccc3ccccc3c2-c2c(P(c3ccccc3)c3ccccc3)ccc3ccccc23)cc1. The number of aliphatic carboxylic acids is 2. The number of rotatable bonds is 7. The van der Waals surface area contributed by atoms with Gasteiger partial charge in [0.1, 0.15) is 0 Å². The van der Waals surface area contributed by atoms with Gasteiger partial charge in [-0.25, -0.2) is 0 Å². The van der Waals surface area contributed by atoms with Crippen LogP contribution < -0.4 is 31.8 Å². The number of fused-ring (bicyclic) bond motifs is 2. The summed E-state index contributed by atoms with van der Waals surface area (Å²) in [7, 11) is -1.70. The van der Waals surface area contributed by atoms with Crippen LogP contribution in [0.15, 0.2) is 194 Å². The van der Waals surface area contributed by atoms with Crippen molar-refractivity contribution in [1.82, 2.24) is 0 Å². The molecule has 0 atom stereocenters. The van der Waals surface area contributed by atoms with Gasteiger partial charge in [-0.2, -0.15) is 0 Å². The zero-order valence-electron chi connectivity index (χ0n) is 35.4. The predicted molar refractivity (Wildman–Crippen MR) is 258 cm³/mol. The van der Waals surface area contributed by atoms with Crippen LogP contribution >= 0.6 is 15.8 Å². The van der Waals surface area contributed by atoms with E-state index in [1.165, 1.54) is 64.5 Å². The quantitative estimate of drug-likeness (QED) is 0.123. The van der Waals surface area contributed by atoms with Gasteiger partial charge in [0, 0.05) is 19.5 Å². The van der Waals surface area contributed by atoms with Crippen LogP contribution in [0.5, 0.6) is 0 Å². The zero-order valence-corrected chi connectivity index (χ0v) is 39.0. The zero-order chi connectivity index (χ0) is 42.9. The molecule has 0 spiro atoms. The van der Waals surface area contributed by atoms with Gasteiger partial charge in [0.05, 0.1) is 10.8 Å². The first kappa shape index (κ1) is 46.8.